The van der Waals surface area contributed by atoms with Gasteiger partial charge in [0.1, 0.15) is 0 Å². The Bertz CT molecular complexity index is 646. The topological polar surface area (TPSA) is 69.9 Å². The van der Waals surface area contributed by atoms with E-state index in [2.05, 4.69) is 15.3 Å². The van der Waals surface area contributed by atoms with Gasteiger partial charge < -0.3 is 15.3 Å². The number of pyridine rings is 1. The van der Waals surface area contributed by atoms with Gasteiger partial charge in [0.25, 0.3) is 5.91 Å². The van der Waals surface area contributed by atoms with Crippen LogP contribution in [0.3, 0.4) is 0 Å². The zero-order chi connectivity index (χ0) is 14.8. The average Bonchev–Trinajstić information content (AvgIpc) is 3.15. The summed E-state index contributed by atoms with van der Waals surface area (Å²) in [5, 5.41) is 16.0. The van der Waals surface area contributed by atoms with E-state index in [9.17, 15) is 4.79 Å². The van der Waals surface area contributed by atoms with Gasteiger partial charge in [0.05, 0.1) is 23.9 Å². The van der Waals surface area contributed by atoms with Crippen LogP contribution in [0, 0.1) is 0 Å². The number of aliphatic hydroxyl groups is 1. The number of carbonyl (C=O) groups excluding carboxylic acids is 1. The molecule has 21 heavy (non-hydrogen) atoms. The summed E-state index contributed by atoms with van der Waals surface area (Å²) in [6.45, 7) is 3.81. The Balaban J connectivity index is 1.92. The second-order valence-corrected chi connectivity index (χ2v) is 5.52. The minimum Gasteiger partial charge on any atom is -0.394 e. The fraction of sp³-hybridized carbons (Fsp3) is 0.467. The standard InChI is InChI=1S/C15H20N4O2/c1-11(10-20)17-15(21)13-9-16-19-7-4-12(8-14(13)19)18-5-2-3-6-18/h4,7-9,11,20H,2-3,5-6,10H2,1H3,(H,17,21). The number of carbonyl (C=O) groups is 1. The van der Waals surface area contributed by atoms with E-state index in [-0.39, 0.29) is 18.6 Å². The normalized spacial score (nSPS) is 16.4. The summed E-state index contributed by atoms with van der Waals surface area (Å²) >= 11 is 0. The first-order valence-corrected chi connectivity index (χ1v) is 7.33. The minimum absolute atomic E-state index is 0.0794. The van der Waals surface area contributed by atoms with Crippen LogP contribution < -0.4 is 10.2 Å². The summed E-state index contributed by atoms with van der Waals surface area (Å²) in [6.07, 6.45) is 5.88. The van der Waals surface area contributed by atoms with E-state index in [0.29, 0.717) is 5.56 Å². The molecule has 0 bridgehead atoms. The van der Waals surface area contributed by atoms with Crippen LogP contribution in [0.4, 0.5) is 5.69 Å². The first kappa shape index (κ1) is 13.9. The van der Waals surface area contributed by atoms with Gasteiger partial charge in [-0.15, -0.1) is 0 Å². The third-order valence-electron chi connectivity index (χ3n) is 3.87. The molecule has 1 aliphatic heterocycles. The number of fused-ring (bicyclic) bond motifs is 1. The number of amides is 1. The van der Waals surface area contributed by atoms with Gasteiger partial charge in [0.15, 0.2) is 0 Å². The molecule has 3 heterocycles. The lowest BCUT2D eigenvalue weighted by molar-refractivity contribution is 0.0924. The second kappa shape index (κ2) is 5.73. The minimum atomic E-state index is -0.269. The van der Waals surface area contributed by atoms with Gasteiger partial charge >= 0.3 is 0 Å². The number of anilines is 1. The molecule has 0 aromatic carbocycles. The van der Waals surface area contributed by atoms with Crippen molar-refractivity contribution in [2.45, 2.75) is 25.8 Å². The van der Waals surface area contributed by atoms with Crippen LogP contribution in [-0.2, 0) is 0 Å². The lowest BCUT2D eigenvalue weighted by Gasteiger charge is -2.17. The number of hydrogen-bond donors (Lipinski definition) is 2. The fourth-order valence-electron chi connectivity index (χ4n) is 2.66. The lowest BCUT2D eigenvalue weighted by Crippen LogP contribution is -2.34. The van der Waals surface area contributed by atoms with Gasteiger partial charge in [-0.25, -0.2) is 4.52 Å². The van der Waals surface area contributed by atoms with Crippen LogP contribution in [-0.4, -0.2) is 46.4 Å². The largest absolute Gasteiger partial charge is 0.394 e. The Labute approximate surface area is 123 Å². The third-order valence-corrected chi connectivity index (χ3v) is 3.87. The van der Waals surface area contributed by atoms with Crippen LogP contribution in [0.15, 0.2) is 24.5 Å². The van der Waals surface area contributed by atoms with Gasteiger partial charge in [-0.3, -0.25) is 4.79 Å². The highest BCUT2D eigenvalue weighted by atomic mass is 16.3. The van der Waals surface area contributed by atoms with Gasteiger partial charge in [0.2, 0.25) is 0 Å². The number of nitrogens with zero attached hydrogens (tertiary/aromatic N) is 3. The number of hydrogen-bond acceptors (Lipinski definition) is 4. The summed E-state index contributed by atoms with van der Waals surface area (Å²) in [5.74, 6) is -0.204. The molecule has 3 rings (SSSR count). The molecule has 6 heteroatoms. The molecule has 6 nitrogen and oxygen atoms in total. The van der Waals surface area contributed by atoms with Crippen molar-refractivity contribution < 1.29 is 9.90 Å². The first-order chi connectivity index (χ1) is 10.2. The van der Waals surface area contributed by atoms with Gasteiger partial charge in [-0.05, 0) is 31.9 Å². The Kier molecular flexibility index (Phi) is 3.79. The second-order valence-electron chi connectivity index (χ2n) is 5.52. The third kappa shape index (κ3) is 2.71. The average molecular weight is 288 g/mol. The van der Waals surface area contributed by atoms with E-state index in [1.54, 1.807) is 17.6 Å². The SMILES string of the molecule is CC(CO)NC(=O)c1cnn2ccc(N3CCCC3)cc12. The first-order valence-electron chi connectivity index (χ1n) is 7.33. The maximum Gasteiger partial charge on any atom is 0.255 e. The smallest absolute Gasteiger partial charge is 0.255 e. The van der Waals surface area contributed by atoms with Crippen LogP contribution in [0.2, 0.25) is 0 Å². The van der Waals surface area contributed by atoms with E-state index in [0.717, 1.165) is 24.3 Å². The Morgan fingerprint density at radius 2 is 2.24 bits per heavy atom. The van der Waals surface area contributed by atoms with E-state index in [1.807, 2.05) is 18.3 Å². The molecule has 112 valence electrons. The van der Waals surface area contributed by atoms with Crippen molar-refractivity contribution in [1.82, 2.24) is 14.9 Å². The molecular formula is C15H20N4O2. The summed E-state index contributed by atoms with van der Waals surface area (Å²) < 4.78 is 1.71. The lowest BCUT2D eigenvalue weighted by atomic mass is 10.2. The van der Waals surface area contributed by atoms with E-state index < -0.39 is 0 Å². The molecule has 1 amide bonds. The molecule has 1 saturated heterocycles. The van der Waals surface area contributed by atoms with Gasteiger partial charge in [-0.1, -0.05) is 0 Å². The number of aromatic nitrogens is 2. The molecule has 0 radical (unpaired) electrons. The van der Waals surface area contributed by atoms with Crippen LogP contribution in [0.5, 0.6) is 0 Å². The van der Waals surface area contributed by atoms with Crippen molar-refractivity contribution in [3.63, 3.8) is 0 Å². The molecule has 1 aliphatic rings. The number of rotatable bonds is 4. The molecule has 2 aromatic heterocycles. The molecule has 1 atom stereocenters. The van der Waals surface area contributed by atoms with Crippen molar-refractivity contribution in [3.8, 4) is 0 Å². The molecule has 2 aromatic rings. The van der Waals surface area contributed by atoms with Crippen molar-refractivity contribution >= 4 is 17.1 Å². The van der Waals surface area contributed by atoms with Crippen LogP contribution in [0.25, 0.3) is 5.52 Å². The monoisotopic (exact) mass is 288 g/mol. The zero-order valence-corrected chi connectivity index (χ0v) is 12.1. The van der Waals surface area contributed by atoms with E-state index >= 15 is 0 Å². The quantitative estimate of drug-likeness (QED) is 0.882. The molecule has 2 N–H and O–H groups in total. The highest BCUT2D eigenvalue weighted by Crippen LogP contribution is 2.23. The number of aliphatic hydroxyl groups excluding tert-OH is 1. The highest BCUT2D eigenvalue weighted by molar-refractivity contribution is 6.01. The Hall–Kier alpha value is -2.08. The van der Waals surface area contributed by atoms with Gasteiger partial charge in [-0.2, -0.15) is 5.10 Å². The maximum absolute atomic E-state index is 12.2. The molecule has 0 saturated carbocycles. The van der Waals surface area contributed by atoms with Gasteiger partial charge in [0, 0.05) is 31.0 Å². The Morgan fingerprint density at radius 3 is 2.95 bits per heavy atom. The predicted octanol–water partition coefficient (Wildman–Crippen LogP) is 1.05. The molecule has 1 fully saturated rings. The number of nitrogens with one attached hydrogen (secondary N) is 1. The zero-order valence-electron chi connectivity index (χ0n) is 12.1. The fourth-order valence-corrected chi connectivity index (χ4v) is 2.66. The predicted molar refractivity (Wildman–Crippen MR) is 80.7 cm³/mol. The molecule has 0 aliphatic carbocycles. The summed E-state index contributed by atoms with van der Waals surface area (Å²) in [7, 11) is 0. The molecular weight excluding hydrogens is 268 g/mol. The maximum atomic E-state index is 12.2. The Morgan fingerprint density at radius 1 is 1.48 bits per heavy atom. The van der Waals surface area contributed by atoms with E-state index in [4.69, 9.17) is 5.11 Å². The highest BCUT2D eigenvalue weighted by Gasteiger charge is 2.17. The van der Waals surface area contributed by atoms with Crippen molar-refractivity contribution in [2.24, 2.45) is 0 Å². The van der Waals surface area contributed by atoms with Crippen molar-refractivity contribution in [1.29, 1.82) is 0 Å². The summed E-state index contributed by atoms with van der Waals surface area (Å²) in [4.78, 5) is 14.6. The summed E-state index contributed by atoms with van der Waals surface area (Å²) in [6, 6.07) is 3.77. The van der Waals surface area contributed by atoms with Crippen LogP contribution >= 0.6 is 0 Å². The summed E-state index contributed by atoms with van der Waals surface area (Å²) in [5.41, 5.74) is 2.46. The van der Waals surface area contributed by atoms with E-state index in [1.165, 1.54) is 12.8 Å². The van der Waals surface area contributed by atoms with Crippen molar-refractivity contribution in [2.75, 3.05) is 24.6 Å². The molecule has 1 unspecified atom stereocenters. The van der Waals surface area contributed by atoms with Crippen molar-refractivity contribution in [3.05, 3.63) is 30.1 Å². The molecule has 0 spiro atoms. The van der Waals surface area contributed by atoms with Crippen LogP contribution in [0.1, 0.15) is 30.1 Å².